The highest BCUT2D eigenvalue weighted by molar-refractivity contribution is 5.33. The van der Waals surface area contributed by atoms with Crippen molar-refractivity contribution in [2.45, 2.75) is 19.4 Å². The number of hydrogen-bond donors (Lipinski definition) is 1. The Kier molecular flexibility index (Phi) is 1.41. The number of rotatable bonds is 6. The van der Waals surface area contributed by atoms with E-state index in [4.69, 9.17) is 26.7 Å². The Hall–Kier alpha value is -1.80. The van der Waals surface area contributed by atoms with Gasteiger partial charge in [-0.2, -0.15) is 0 Å². The van der Waals surface area contributed by atoms with Crippen LogP contribution in [-0.2, 0) is 0 Å². The van der Waals surface area contributed by atoms with E-state index < -0.39 is 91.6 Å². The van der Waals surface area contributed by atoms with E-state index in [-0.39, 0.29) is 5.56 Å². The predicted octanol–water partition coefficient (Wildman–Crippen LogP) is 3.72. The van der Waals surface area contributed by atoms with Gasteiger partial charge in [0.25, 0.3) is 0 Å². The third-order valence-corrected chi connectivity index (χ3v) is 2.11. The summed E-state index contributed by atoms with van der Waals surface area (Å²) in [7, 11) is 0. The van der Waals surface area contributed by atoms with Crippen molar-refractivity contribution in [3.8, 4) is 5.75 Å². The molecule has 1 N–H and O–H groups in total. The SMILES string of the molecule is [2H]c1c([2H])c([2H])c(C(Oc2c([2H])c([2H])c([2H])c([2H])c2C)C([2H])([2H])C([2H])([2H])NC([2H])([2H])[2H])c([2H])c1[2H]. The Labute approximate surface area is 137 Å². The molecule has 100 valence electrons. The van der Waals surface area contributed by atoms with Crippen LogP contribution in [0, 0.1) is 6.92 Å². The molecule has 0 heterocycles. The molecule has 0 saturated carbocycles. The van der Waals surface area contributed by atoms with Gasteiger partial charge in [-0.05, 0) is 37.6 Å². The molecule has 0 amide bonds. The van der Waals surface area contributed by atoms with Gasteiger partial charge in [0, 0.05) is 16.0 Å². The molecule has 0 fully saturated rings. The van der Waals surface area contributed by atoms with Crippen molar-refractivity contribution in [3.63, 3.8) is 0 Å². The first-order valence-corrected chi connectivity index (χ1v) is 5.27. The van der Waals surface area contributed by atoms with Crippen LogP contribution in [0.4, 0.5) is 0 Å². The van der Waals surface area contributed by atoms with Crippen molar-refractivity contribution in [2.75, 3.05) is 13.5 Å². The lowest BCUT2D eigenvalue weighted by Crippen LogP contribution is -2.16. The van der Waals surface area contributed by atoms with Gasteiger partial charge in [-0.3, -0.25) is 0 Å². The number of hydrogen-bond acceptors (Lipinski definition) is 2. The lowest BCUT2D eigenvalue weighted by molar-refractivity contribution is 0.193. The zero-order valence-corrected chi connectivity index (χ0v) is 9.99. The van der Waals surface area contributed by atoms with Gasteiger partial charge in [0.15, 0.2) is 0 Å². The van der Waals surface area contributed by atoms with Crippen LogP contribution in [0.15, 0.2) is 54.4 Å². The highest BCUT2D eigenvalue weighted by Gasteiger charge is 2.13. The van der Waals surface area contributed by atoms with Crippen molar-refractivity contribution in [2.24, 2.45) is 0 Å². The van der Waals surface area contributed by atoms with Gasteiger partial charge in [0.05, 0.1) is 12.3 Å². The molecular weight excluding hydrogens is 234 g/mol. The van der Waals surface area contributed by atoms with Gasteiger partial charge in [-0.1, -0.05) is 48.3 Å². The minimum Gasteiger partial charge on any atom is -0.485 e. The Morgan fingerprint density at radius 1 is 1.21 bits per heavy atom. The van der Waals surface area contributed by atoms with Gasteiger partial charge in [0.2, 0.25) is 0 Å². The molecule has 2 aromatic carbocycles. The number of benzene rings is 2. The monoisotopic (exact) mass is 271 g/mol. The van der Waals surface area contributed by atoms with E-state index in [9.17, 15) is 0 Å². The molecule has 0 aliphatic rings. The fraction of sp³-hybridized carbons (Fsp3) is 0.294. The van der Waals surface area contributed by atoms with Crippen LogP contribution < -0.4 is 10.1 Å². The van der Waals surface area contributed by atoms with Crippen LogP contribution in [0.25, 0.3) is 0 Å². The van der Waals surface area contributed by atoms with E-state index in [1.54, 1.807) is 0 Å². The van der Waals surface area contributed by atoms with Gasteiger partial charge in [0.1, 0.15) is 11.9 Å². The maximum atomic E-state index is 8.46. The molecule has 0 aromatic heterocycles. The molecule has 2 nitrogen and oxygen atoms in total. The second-order valence-electron chi connectivity index (χ2n) is 3.39. The summed E-state index contributed by atoms with van der Waals surface area (Å²) in [5, 5.41) is 1.49. The first-order valence-electron chi connectivity index (χ1n) is 13.3. The largest absolute Gasteiger partial charge is 0.485 e. The first-order chi connectivity index (χ1) is 15.7. The van der Waals surface area contributed by atoms with Gasteiger partial charge < -0.3 is 10.1 Å². The zero-order valence-electron chi connectivity index (χ0n) is 26.0. The van der Waals surface area contributed by atoms with Crippen LogP contribution >= 0.6 is 0 Å². The summed E-state index contributed by atoms with van der Waals surface area (Å²) >= 11 is 0. The minimum atomic E-state index is -3.47. The summed E-state index contributed by atoms with van der Waals surface area (Å²) in [4.78, 5) is 0. The highest BCUT2D eigenvalue weighted by atomic mass is 16.5. The molecule has 0 aliphatic heterocycles. The average Bonchev–Trinajstić information content (AvgIpc) is 2.73. The summed E-state index contributed by atoms with van der Waals surface area (Å²) in [5.74, 6) is -0.665. The summed E-state index contributed by atoms with van der Waals surface area (Å²) in [5.41, 5.74) is -1.10. The number of nitrogens with one attached hydrogen (secondary N) is 1. The van der Waals surface area contributed by atoms with Crippen molar-refractivity contribution in [1.29, 1.82) is 0 Å². The smallest absolute Gasteiger partial charge is 0.125 e. The van der Waals surface area contributed by atoms with E-state index in [1.807, 2.05) is 0 Å². The fourth-order valence-corrected chi connectivity index (χ4v) is 1.25. The van der Waals surface area contributed by atoms with Gasteiger partial charge in [-0.15, -0.1) is 0 Å². The van der Waals surface area contributed by atoms with Crippen LogP contribution in [0.5, 0.6) is 5.75 Å². The van der Waals surface area contributed by atoms with E-state index in [2.05, 4.69) is 0 Å². The second-order valence-corrected chi connectivity index (χ2v) is 3.39. The molecule has 0 saturated heterocycles. The van der Waals surface area contributed by atoms with Crippen LogP contribution in [-0.4, -0.2) is 13.5 Å². The van der Waals surface area contributed by atoms with Gasteiger partial charge >= 0.3 is 0 Å². The molecule has 1 unspecified atom stereocenters. The predicted molar refractivity (Wildman–Crippen MR) is 79.5 cm³/mol. The molecular formula is C17H21NO. The van der Waals surface area contributed by atoms with Gasteiger partial charge in [-0.25, -0.2) is 0 Å². The Bertz CT molecular complexity index is 1100. The summed E-state index contributed by atoms with van der Waals surface area (Å²) in [6, 6.07) is -7.33. The van der Waals surface area contributed by atoms with E-state index in [0.717, 1.165) is 0 Å². The van der Waals surface area contributed by atoms with Crippen molar-refractivity contribution >= 4 is 0 Å². The van der Waals surface area contributed by atoms with Crippen LogP contribution in [0.1, 0.15) is 45.5 Å². The Morgan fingerprint density at radius 2 is 1.95 bits per heavy atom. The van der Waals surface area contributed by atoms with E-state index >= 15 is 0 Å². The molecule has 19 heavy (non-hydrogen) atoms. The summed E-state index contributed by atoms with van der Waals surface area (Å²) in [6.07, 6.45) is -5.93. The lowest BCUT2D eigenvalue weighted by Gasteiger charge is -2.20. The normalized spacial score (nSPS) is 26.4. The quantitative estimate of drug-likeness (QED) is 0.864. The second kappa shape index (κ2) is 6.95. The average molecular weight is 271 g/mol. The van der Waals surface area contributed by atoms with E-state index in [1.165, 1.54) is 12.2 Å². The molecule has 2 aromatic rings. The molecule has 2 rings (SSSR count). The molecule has 0 radical (unpaired) electrons. The minimum absolute atomic E-state index is 0.228. The van der Waals surface area contributed by atoms with E-state index in [0.29, 0.717) is 0 Å². The standard InChI is InChI=1S/C17H21NO/c1-14-8-6-7-11-16(14)19-17(12-13-18-2)15-9-4-3-5-10-15/h3-11,17-18H,12-13H2,1-2H3/i2D3,3D,4D,5D,6D,7D,8D,9D,10D,11D,12D2,13D2. The molecule has 0 bridgehead atoms. The fourth-order valence-electron chi connectivity index (χ4n) is 1.25. The molecule has 1 atom stereocenters. The highest BCUT2D eigenvalue weighted by Crippen LogP contribution is 2.26. The molecule has 0 aliphatic carbocycles. The zero-order chi connectivity index (χ0) is 27.4. The third-order valence-electron chi connectivity index (χ3n) is 2.11. The summed E-state index contributed by atoms with van der Waals surface area (Å²) in [6.45, 7) is -5.45. The lowest BCUT2D eigenvalue weighted by atomic mass is 10.1. The first kappa shape index (κ1) is 3.86. The topological polar surface area (TPSA) is 21.3 Å². The van der Waals surface area contributed by atoms with Crippen molar-refractivity contribution in [1.82, 2.24) is 5.32 Å². The molecule has 2 heteroatoms. The summed E-state index contributed by atoms with van der Waals surface area (Å²) < 4.78 is 132. The third kappa shape index (κ3) is 3.83. The number of ether oxygens (including phenoxy) is 1. The molecule has 0 spiro atoms. The maximum absolute atomic E-state index is 8.46. The van der Waals surface area contributed by atoms with Crippen molar-refractivity contribution < 1.29 is 26.7 Å². The Morgan fingerprint density at radius 3 is 2.74 bits per heavy atom. The van der Waals surface area contributed by atoms with Crippen molar-refractivity contribution in [3.05, 3.63) is 65.5 Å². The van der Waals surface area contributed by atoms with Crippen LogP contribution in [0.3, 0.4) is 0 Å². The number of para-hydroxylation sites is 1. The maximum Gasteiger partial charge on any atom is 0.125 e. The Balaban J connectivity index is 2.94. The van der Waals surface area contributed by atoms with Crippen LogP contribution in [0.2, 0.25) is 0 Å².